The third kappa shape index (κ3) is 40.5. The molecule has 0 rings (SSSR count). The monoisotopic (exact) mass is 163 g/mol. The van der Waals surface area contributed by atoms with Crippen LogP contribution in [-0.2, 0) is 4.74 Å². The average Bonchev–Trinajstić information content (AvgIpc) is 2.08. The third-order valence-electron chi connectivity index (χ3n) is 0.743. The molecule has 2 nitrogen and oxygen atoms in total. The van der Waals surface area contributed by atoms with E-state index < -0.39 is 0 Å². The number of hydrogen-bond donors (Lipinski definition) is 0. The fourth-order valence-electron chi connectivity index (χ4n) is 0.274. The standard InChI is InChI=1S/C5H13NO.2C2H6/c1-6(2)4-5-7-3;2*1-2/h4-5H2,1-3H3;2*1-2H3. The van der Waals surface area contributed by atoms with Gasteiger partial charge >= 0.3 is 0 Å². The highest BCUT2D eigenvalue weighted by Crippen LogP contribution is 1.71. The summed E-state index contributed by atoms with van der Waals surface area (Å²) in [5, 5.41) is 0. The van der Waals surface area contributed by atoms with Crippen molar-refractivity contribution in [3.8, 4) is 0 Å². The number of nitrogens with zero attached hydrogens (tertiary/aromatic N) is 1. The van der Waals surface area contributed by atoms with Crippen LogP contribution in [0.3, 0.4) is 0 Å². The van der Waals surface area contributed by atoms with Crippen LogP contribution in [0.2, 0.25) is 0 Å². The summed E-state index contributed by atoms with van der Waals surface area (Å²) in [6, 6.07) is 0. The lowest BCUT2D eigenvalue weighted by Crippen LogP contribution is -2.16. The van der Waals surface area contributed by atoms with Gasteiger partial charge in [-0.2, -0.15) is 0 Å². The SMILES string of the molecule is CC.CC.COCCN(C)C. The van der Waals surface area contributed by atoms with E-state index in [4.69, 9.17) is 4.74 Å². The Morgan fingerprint density at radius 1 is 1.00 bits per heavy atom. The van der Waals surface area contributed by atoms with Crippen molar-refractivity contribution in [3.05, 3.63) is 0 Å². The lowest BCUT2D eigenvalue weighted by molar-refractivity contribution is 0.172. The van der Waals surface area contributed by atoms with E-state index in [0.717, 1.165) is 13.2 Å². The lowest BCUT2D eigenvalue weighted by Gasteiger charge is -2.06. The molecule has 0 spiro atoms. The summed E-state index contributed by atoms with van der Waals surface area (Å²) in [7, 11) is 5.77. The van der Waals surface area contributed by atoms with E-state index in [9.17, 15) is 0 Å². The van der Waals surface area contributed by atoms with Crippen molar-refractivity contribution in [2.75, 3.05) is 34.4 Å². The first-order valence-corrected chi connectivity index (χ1v) is 4.41. The van der Waals surface area contributed by atoms with Crippen LogP contribution in [0.4, 0.5) is 0 Å². The van der Waals surface area contributed by atoms with Crippen molar-refractivity contribution < 1.29 is 4.74 Å². The van der Waals surface area contributed by atoms with Gasteiger partial charge < -0.3 is 9.64 Å². The highest BCUT2D eigenvalue weighted by molar-refractivity contribution is 4.36. The topological polar surface area (TPSA) is 12.5 Å². The fraction of sp³-hybridized carbons (Fsp3) is 1.00. The van der Waals surface area contributed by atoms with Crippen molar-refractivity contribution >= 4 is 0 Å². The second-order valence-corrected chi connectivity index (χ2v) is 1.80. The van der Waals surface area contributed by atoms with Crippen molar-refractivity contribution in [2.45, 2.75) is 27.7 Å². The summed E-state index contributed by atoms with van der Waals surface area (Å²) in [4.78, 5) is 2.09. The van der Waals surface area contributed by atoms with Gasteiger partial charge in [0.05, 0.1) is 6.61 Å². The molecule has 0 atom stereocenters. The molecule has 0 fully saturated rings. The first-order valence-electron chi connectivity index (χ1n) is 4.41. The van der Waals surface area contributed by atoms with Gasteiger partial charge in [-0.1, -0.05) is 27.7 Å². The molecule has 0 N–H and O–H groups in total. The lowest BCUT2D eigenvalue weighted by atomic mass is 10.6. The second kappa shape index (κ2) is 22.5. The van der Waals surface area contributed by atoms with Crippen LogP contribution in [0, 0.1) is 0 Å². The molecule has 0 radical (unpaired) electrons. The number of ether oxygens (including phenoxy) is 1. The molecule has 11 heavy (non-hydrogen) atoms. The molecule has 0 saturated carbocycles. The van der Waals surface area contributed by atoms with E-state index in [-0.39, 0.29) is 0 Å². The number of rotatable bonds is 3. The quantitative estimate of drug-likeness (QED) is 0.632. The zero-order chi connectivity index (χ0) is 9.70. The molecule has 0 aliphatic rings. The van der Waals surface area contributed by atoms with Gasteiger partial charge in [0, 0.05) is 13.7 Å². The predicted molar refractivity (Wildman–Crippen MR) is 53.1 cm³/mol. The molecule has 0 aromatic carbocycles. The predicted octanol–water partition coefficient (Wildman–Crippen LogP) is 2.25. The van der Waals surface area contributed by atoms with E-state index in [1.54, 1.807) is 7.11 Å². The van der Waals surface area contributed by atoms with E-state index in [1.807, 2.05) is 41.8 Å². The third-order valence-corrected chi connectivity index (χ3v) is 0.743. The van der Waals surface area contributed by atoms with Gasteiger partial charge in [0.15, 0.2) is 0 Å². The zero-order valence-corrected chi connectivity index (χ0v) is 9.27. The Bertz CT molecular complexity index is 38.5. The van der Waals surface area contributed by atoms with Crippen LogP contribution in [0.1, 0.15) is 27.7 Å². The molecular formula is C9H25NO. The fourth-order valence-corrected chi connectivity index (χ4v) is 0.274. The van der Waals surface area contributed by atoms with Gasteiger partial charge in [-0.25, -0.2) is 0 Å². The second-order valence-electron chi connectivity index (χ2n) is 1.80. The minimum absolute atomic E-state index is 0.826. The maximum absolute atomic E-state index is 4.81. The van der Waals surface area contributed by atoms with Crippen LogP contribution >= 0.6 is 0 Å². The zero-order valence-electron chi connectivity index (χ0n) is 9.27. The summed E-state index contributed by atoms with van der Waals surface area (Å²) in [6.45, 7) is 9.84. The summed E-state index contributed by atoms with van der Waals surface area (Å²) in [5.41, 5.74) is 0. The molecule has 0 amide bonds. The number of likely N-dealkylation sites (N-methyl/N-ethyl adjacent to an activating group) is 1. The van der Waals surface area contributed by atoms with Crippen molar-refractivity contribution in [3.63, 3.8) is 0 Å². The molecule has 0 bridgehead atoms. The highest BCUT2D eigenvalue weighted by Gasteiger charge is 1.83. The van der Waals surface area contributed by atoms with E-state index in [1.165, 1.54) is 0 Å². The van der Waals surface area contributed by atoms with Gasteiger partial charge in [0.1, 0.15) is 0 Å². The molecule has 0 aromatic heterocycles. The largest absolute Gasteiger partial charge is 0.383 e. The number of hydrogen-bond acceptors (Lipinski definition) is 2. The van der Waals surface area contributed by atoms with E-state index in [0.29, 0.717) is 0 Å². The van der Waals surface area contributed by atoms with Gasteiger partial charge in [-0.3, -0.25) is 0 Å². The van der Waals surface area contributed by atoms with Gasteiger partial charge in [0.2, 0.25) is 0 Å². The first-order chi connectivity index (χ1) is 5.27. The highest BCUT2D eigenvalue weighted by atomic mass is 16.5. The van der Waals surface area contributed by atoms with Crippen LogP contribution in [0.25, 0.3) is 0 Å². The average molecular weight is 163 g/mol. The molecule has 0 aromatic rings. The van der Waals surface area contributed by atoms with Crippen LogP contribution < -0.4 is 0 Å². The smallest absolute Gasteiger partial charge is 0.0589 e. The molecule has 0 unspecified atom stereocenters. The Morgan fingerprint density at radius 2 is 1.36 bits per heavy atom. The summed E-state index contributed by atoms with van der Waals surface area (Å²) < 4.78 is 4.81. The Labute approximate surface area is 72.5 Å². The molecule has 0 aliphatic carbocycles. The molecular weight excluding hydrogens is 138 g/mol. The van der Waals surface area contributed by atoms with E-state index in [2.05, 4.69) is 4.90 Å². The Morgan fingerprint density at radius 3 is 1.45 bits per heavy atom. The minimum atomic E-state index is 0.826. The summed E-state index contributed by atoms with van der Waals surface area (Å²) >= 11 is 0. The van der Waals surface area contributed by atoms with E-state index >= 15 is 0 Å². The number of methoxy groups -OCH3 is 1. The summed E-state index contributed by atoms with van der Waals surface area (Å²) in [6.07, 6.45) is 0. The maximum Gasteiger partial charge on any atom is 0.0589 e. The minimum Gasteiger partial charge on any atom is -0.383 e. The normalized spacial score (nSPS) is 7.64. The molecule has 0 aliphatic heterocycles. The maximum atomic E-state index is 4.81. The van der Waals surface area contributed by atoms with Crippen molar-refractivity contribution in [2.24, 2.45) is 0 Å². The van der Waals surface area contributed by atoms with Crippen molar-refractivity contribution in [1.29, 1.82) is 0 Å². The van der Waals surface area contributed by atoms with Crippen molar-refractivity contribution in [1.82, 2.24) is 4.90 Å². The van der Waals surface area contributed by atoms with Gasteiger partial charge in [0.25, 0.3) is 0 Å². The summed E-state index contributed by atoms with van der Waals surface area (Å²) in [5.74, 6) is 0. The molecule has 0 saturated heterocycles. The Balaban J connectivity index is -0.000000138. The Hall–Kier alpha value is -0.0800. The van der Waals surface area contributed by atoms with Crippen LogP contribution in [0.15, 0.2) is 0 Å². The Kier molecular flexibility index (Phi) is 35.1. The van der Waals surface area contributed by atoms with Crippen LogP contribution in [0.5, 0.6) is 0 Å². The van der Waals surface area contributed by atoms with Gasteiger partial charge in [-0.05, 0) is 14.1 Å². The molecule has 0 heterocycles. The molecule has 2 heteroatoms. The van der Waals surface area contributed by atoms with Crippen LogP contribution in [-0.4, -0.2) is 39.3 Å². The molecule has 72 valence electrons. The first kappa shape index (κ1) is 17.1. The van der Waals surface area contributed by atoms with Gasteiger partial charge in [-0.15, -0.1) is 0 Å².